The van der Waals surface area contributed by atoms with E-state index in [-0.39, 0.29) is 18.4 Å². The number of rotatable bonds is 11. The first-order valence-electron chi connectivity index (χ1n) is 11.5. The SMILES string of the molecule is CCOC(=O)c1ccc(-c2ccc(CCNC[C@H](O)c3ccccc3)cc2)cc1SC(C)C.Cl. The molecule has 0 aliphatic carbocycles. The Balaban J connectivity index is 0.00000408. The first-order valence-corrected chi connectivity index (χ1v) is 12.4. The van der Waals surface area contributed by atoms with E-state index in [2.05, 4.69) is 49.5 Å². The van der Waals surface area contributed by atoms with Crippen molar-refractivity contribution in [3.05, 3.63) is 89.5 Å². The second-order valence-corrected chi connectivity index (χ2v) is 9.79. The zero-order valence-corrected chi connectivity index (χ0v) is 21.6. The van der Waals surface area contributed by atoms with E-state index in [9.17, 15) is 9.90 Å². The number of carbonyl (C=O) groups excluding carboxylic acids is 1. The minimum absolute atomic E-state index is 0. The standard InChI is InChI=1S/C28H33NO3S.ClH/c1-4-32-28(31)25-15-14-24(18-27(25)33-20(2)3)22-12-10-21(11-13-22)16-17-29-19-26(30)23-8-6-5-7-9-23;/h5-15,18,20,26,29-30H,4,16-17,19H2,1-3H3;1H/t26-;/m0./s1. The van der Waals surface area contributed by atoms with Crippen LogP contribution in [0.4, 0.5) is 0 Å². The highest BCUT2D eigenvalue weighted by atomic mass is 35.5. The van der Waals surface area contributed by atoms with Gasteiger partial charge in [0.2, 0.25) is 0 Å². The van der Waals surface area contributed by atoms with Gasteiger partial charge in [0.05, 0.1) is 18.3 Å². The van der Waals surface area contributed by atoms with Crippen molar-refractivity contribution in [2.45, 2.75) is 43.4 Å². The van der Waals surface area contributed by atoms with E-state index in [0.717, 1.165) is 34.6 Å². The van der Waals surface area contributed by atoms with Crippen LogP contribution >= 0.6 is 24.2 Å². The fourth-order valence-electron chi connectivity index (χ4n) is 3.56. The molecule has 34 heavy (non-hydrogen) atoms. The molecule has 0 saturated heterocycles. The van der Waals surface area contributed by atoms with Gasteiger partial charge in [0.1, 0.15) is 0 Å². The van der Waals surface area contributed by atoms with Gasteiger partial charge in [-0.1, -0.05) is 74.5 Å². The van der Waals surface area contributed by atoms with Crippen molar-refractivity contribution in [2.75, 3.05) is 19.7 Å². The minimum atomic E-state index is -0.496. The molecular formula is C28H34ClNO3S. The van der Waals surface area contributed by atoms with E-state index in [1.807, 2.05) is 49.4 Å². The summed E-state index contributed by atoms with van der Waals surface area (Å²) in [6.07, 6.45) is 0.391. The summed E-state index contributed by atoms with van der Waals surface area (Å²) in [6.45, 7) is 7.76. The van der Waals surface area contributed by atoms with Crippen molar-refractivity contribution in [2.24, 2.45) is 0 Å². The quantitative estimate of drug-likeness (QED) is 0.184. The second kappa shape index (κ2) is 14.2. The number of nitrogens with one attached hydrogen (secondary N) is 1. The maximum atomic E-state index is 12.3. The normalized spacial score (nSPS) is 11.7. The van der Waals surface area contributed by atoms with Crippen molar-refractivity contribution >= 4 is 30.1 Å². The van der Waals surface area contributed by atoms with Gasteiger partial charge in [-0.15, -0.1) is 24.2 Å². The number of hydrogen-bond acceptors (Lipinski definition) is 5. The molecule has 0 fully saturated rings. The predicted molar refractivity (Wildman–Crippen MR) is 144 cm³/mol. The van der Waals surface area contributed by atoms with E-state index >= 15 is 0 Å². The largest absolute Gasteiger partial charge is 0.462 e. The lowest BCUT2D eigenvalue weighted by molar-refractivity contribution is 0.0522. The third-order valence-corrected chi connectivity index (χ3v) is 6.30. The zero-order valence-electron chi connectivity index (χ0n) is 20.0. The maximum absolute atomic E-state index is 12.3. The number of carbonyl (C=O) groups is 1. The third kappa shape index (κ3) is 8.17. The van der Waals surface area contributed by atoms with Crippen molar-refractivity contribution in [3.63, 3.8) is 0 Å². The number of thioether (sulfide) groups is 1. The average Bonchev–Trinajstić information content (AvgIpc) is 2.82. The molecule has 0 aliphatic heterocycles. The van der Waals surface area contributed by atoms with Gasteiger partial charge in [-0.05, 0) is 54.3 Å². The van der Waals surface area contributed by atoms with Crippen LogP contribution in [0.5, 0.6) is 0 Å². The van der Waals surface area contributed by atoms with Crippen molar-refractivity contribution in [1.29, 1.82) is 0 Å². The Morgan fingerprint density at radius 1 is 1.00 bits per heavy atom. The molecular weight excluding hydrogens is 466 g/mol. The Morgan fingerprint density at radius 2 is 1.68 bits per heavy atom. The predicted octanol–water partition coefficient (Wildman–Crippen LogP) is 6.32. The van der Waals surface area contributed by atoms with Gasteiger partial charge in [0.25, 0.3) is 0 Å². The molecule has 3 aromatic carbocycles. The minimum Gasteiger partial charge on any atom is -0.462 e. The smallest absolute Gasteiger partial charge is 0.339 e. The Bertz CT molecular complexity index is 1030. The summed E-state index contributed by atoms with van der Waals surface area (Å²) in [6, 6.07) is 24.2. The van der Waals surface area contributed by atoms with Crippen LogP contribution in [0.25, 0.3) is 11.1 Å². The van der Waals surface area contributed by atoms with E-state index in [4.69, 9.17) is 4.74 Å². The molecule has 6 heteroatoms. The molecule has 0 saturated carbocycles. The molecule has 0 unspecified atom stereocenters. The lowest BCUT2D eigenvalue weighted by Crippen LogP contribution is -2.23. The number of halogens is 1. The molecule has 0 aliphatic rings. The van der Waals surface area contributed by atoms with Crippen molar-refractivity contribution < 1.29 is 14.6 Å². The molecule has 182 valence electrons. The van der Waals surface area contributed by atoms with Gasteiger partial charge < -0.3 is 15.2 Å². The molecule has 0 aromatic heterocycles. The van der Waals surface area contributed by atoms with Crippen LogP contribution in [-0.2, 0) is 11.2 Å². The van der Waals surface area contributed by atoms with Gasteiger partial charge in [-0.3, -0.25) is 0 Å². The number of esters is 1. The average molecular weight is 500 g/mol. The summed E-state index contributed by atoms with van der Waals surface area (Å²) in [5.41, 5.74) is 4.99. The second-order valence-electron chi connectivity index (χ2n) is 8.18. The number of ether oxygens (including phenoxy) is 1. The van der Waals surface area contributed by atoms with Gasteiger partial charge in [0, 0.05) is 16.7 Å². The molecule has 3 rings (SSSR count). The summed E-state index contributed by atoms with van der Waals surface area (Å²) in [7, 11) is 0. The van der Waals surface area contributed by atoms with Crippen LogP contribution in [0.15, 0.2) is 77.7 Å². The zero-order chi connectivity index (χ0) is 23.6. The van der Waals surface area contributed by atoms with E-state index in [0.29, 0.717) is 24.0 Å². The van der Waals surface area contributed by atoms with Crippen LogP contribution in [0.2, 0.25) is 0 Å². The van der Waals surface area contributed by atoms with Gasteiger partial charge >= 0.3 is 5.97 Å². The lowest BCUT2D eigenvalue weighted by Gasteiger charge is -2.13. The van der Waals surface area contributed by atoms with Crippen LogP contribution < -0.4 is 5.32 Å². The monoisotopic (exact) mass is 499 g/mol. The Morgan fingerprint density at radius 3 is 2.32 bits per heavy atom. The van der Waals surface area contributed by atoms with Gasteiger partial charge in [0.15, 0.2) is 0 Å². The van der Waals surface area contributed by atoms with E-state index < -0.39 is 6.10 Å². The maximum Gasteiger partial charge on any atom is 0.339 e. The van der Waals surface area contributed by atoms with Gasteiger partial charge in [-0.25, -0.2) is 4.79 Å². The molecule has 2 N–H and O–H groups in total. The van der Waals surface area contributed by atoms with Crippen LogP contribution in [-0.4, -0.2) is 36.0 Å². The highest BCUT2D eigenvalue weighted by Crippen LogP contribution is 2.32. The van der Waals surface area contributed by atoms with Crippen LogP contribution in [0.3, 0.4) is 0 Å². The third-order valence-electron chi connectivity index (χ3n) is 5.24. The molecule has 0 spiro atoms. The van der Waals surface area contributed by atoms with Gasteiger partial charge in [-0.2, -0.15) is 0 Å². The number of aliphatic hydroxyl groups excluding tert-OH is 1. The Labute approximate surface area is 213 Å². The molecule has 0 heterocycles. The summed E-state index contributed by atoms with van der Waals surface area (Å²) in [4.78, 5) is 13.3. The molecule has 0 radical (unpaired) electrons. The lowest BCUT2D eigenvalue weighted by atomic mass is 10.0. The summed E-state index contributed by atoms with van der Waals surface area (Å²) in [5, 5.41) is 13.9. The molecule has 0 amide bonds. The summed E-state index contributed by atoms with van der Waals surface area (Å²) in [5.74, 6) is -0.271. The number of benzene rings is 3. The number of hydrogen-bond donors (Lipinski definition) is 2. The fourth-order valence-corrected chi connectivity index (χ4v) is 4.54. The first kappa shape index (κ1) is 27.9. The number of aliphatic hydroxyl groups is 1. The summed E-state index contributed by atoms with van der Waals surface area (Å²) >= 11 is 1.68. The molecule has 1 atom stereocenters. The topological polar surface area (TPSA) is 58.6 Å². The molecule has 3 aromatic rings. The Kier molecular flexibility index (Phi) is 11.6. The highest BCUT2D eigenvalue weighted by molar-refractivity contribution is 8.00. The van der Waals surface area contributed by atoms with Crippen molar-refractivity contribution in [3.8, 4) is 11.1 Å². The summed E-state index contributed by atoms with van der Waals surface area (Å²) < 4.78 is 5.22. The highest BCUT2D eigenvalue weighted by Gasteiger charge is 2.15. The Hall–Kier alpha value is -2.31. The van der Waals surface area contributed by atoms with Crippen molar-refractivity contribution in [1.82, 2.24) is 5.32 Å². The van der Waals surface area contributed by atoms with E-state index in [1.165, 1.54) is 5.56 Å². The van der Waals surface area contributed by atoms with Crippen LogP contribution in [0.1, 0.15) is 48.4 Å². The van der Waals surface area contributed by atoms with Crippen LogP contribution in [0, 0.1) is 0 Å². The first-order chi connectivity index (χ1) is 16.0. The molecule has 4 nitrogen and oxygen atoms in total. The molecule has 0 bridgehead atoms. The van der Waals surface area contributed by atoms with E-state index in [1.54, 1.807) is 11.8 Å². The fraction of sp³-hybridized carbons (Fsp3) is 0.321.